The first kappa shape index (κ1) is 9.76. The monoisotopic (exact) mass is 208 g/mol. The molecule has 15 heavy (non-hydrogen) atoms. The molecular weight excluding hydrogens is 196 g/mol. The normalized spacial score (nSPS) is 16.2. The quantitative estimate of drug-likeness (QED) is 0.691. The highest BCUT2D eigenvalue weighted by molar-refractivity contribution is 5.97. The van der Waals surface area contributed by atoms with Crippen molar-refractivity contribution in [2.24, 2.45) is 0 Å². The third-order valence-electron chi connectivity index (χ3n) is 2.43. The van der Waals surface area contributed by atoms with Crippen molar-refractivity contribution in [3.05, 3.63) is 24.2 Å². The molecule has 1 aliphatic rings. The number of carbonyl (C=O) groups is 2. The van der Waals surface area contributed by atoms with E-state index < -0.39 is 0 Å². The first-order valence-electron chi connectivity index (χ1n) is 4.75. The molecule has 1 aromatic rings. The van der Waals surface area contributed by atoms with E-state index in [-0.39, 0.29) is 18.4 Å². The number of carbonyl (C=O) groups excluding carboxylic acids is 2. The number of furan rings is 1. The Hall–Kier alpha value is -1.78. The maximum absolute atomic E-state index is 11.6. The topological polar surface area (TPSA) is 53.8 Å². The van der Waals surface area contributed by atoms with Crippen LogP contribution in [0.1, 0.15) is 10.6 Å². The van der Waals surface area contributed by atoms with Crippen molar-refractivity contribution in [1.29, 1.82) is 0 Å². The van der Waals surface area contributed by atoms with Gasteiger partial charge in [-0.2, -0.15) is 0 Å². The standard InChI is InChI=1S/C10H12N2O3/c1-11-4-5-12(10(11)14)7-8(13)9-3-2-6-15-9/h2-3,6H,4-5,7H2,1H3. The van der Waals surface area contributed by atoms with E-state index in [0.29, 0.717) is 18.8 Å². The molecule has 0 bridgehead atoms. The molecule has 80 valence electrons. The minimum atomic E-state index is -0.163. The van der Waals surface area contributed by atoms with Gasteiger partial charge in [-0.1, -0.05) is 0 Å². The van der Waals surface area contributed by atoms with Gasteiger partial charge in [0, 0.05) is 20.1 Å². The molecule has 2 rings (SSSR count). The van der Waals surface area contributed by atoms with Crippen LogP contribution in [0.5, 0.6) is 0 Å². The number of ketones is 1. The molecule has 5 heteroatoms. The van der Waals surface area contributed by atoms with E-state index in [1.165, 1.54) is 11.2 Å². The zero-order valence-electron chi connectivity index (χ0n) is 8.47. The fourth-order valence-electron chi connectivity index (χ4n) is 1.54. The number of likely N-dealkylation sites (N-methyl/N-ethyl adjacent to an activating group) is 1. The van der Waals surface area contributed by atoms with Crippen molar-refractivity contribution in [2.45, 2.75) is 0 Å². The summed E-state index contributed by atoms with van der Waals surface area (Å²) in [6.07, 6.45) is 1.45. The van der Waals surface area contributed by atoms with Crippen molar-refractivity contribution < 1.29 is 14.0 Å². The Balaban J connectivity index is 1.98. The predicted molar refractivity (Wildman–Crippen MR) is 52.6 cm³/mol. The van der Waals surface area contributed by atoms with Gasteiger partial charge >= 0.3 is 6.03 Å². The third kappa shape index (κ3) is 1.86. The first-order valence-corrected chi connectivity index (χ1v) is 4.75. The summed E-state index contributed by atoms with van der Waals surface area (Å²) >= 11 is 0. The third-order valence-corrected chi connectivity index (χ3v) is 2.43. The number of hydrogen-bond acceptors (Lipinski definition) is 3. The summed E-state index contributed by atoms with van der Waals surface area (Å²) in [4.78, 5) is 26.2. The fraction of sp³-hybridized carbons (Fsp3) is 0.400. The van der Waals surface area contributed by atoms with Gasteiger partial charge in [0.2, 0.25) is 5.78 Å². The van der Waals surface area contributed by atoms with Crippen molar-refractivity contribution in [3.8, 4) is 0 Å². The number of Topliss-reactive ketones (excluding diaryl/α,β-unsaturated/α-hetero) is 1. The van der Waals surface area contributed by atoms with Gasteiger partial charge in [-0.3, -0.25) is 4.79 Å². The molecule has 1 saturated heterocycles. The van der Waals surface area contributed by atoms with E-state index in [2.05, 4.69) is 0 Å². The van der Waals surface area contributed by atoms with Gasteiger partial charge < -0.3 is 14.2 Å². The summed E-state index contributed by atoms with van der Waals surface area (Å²) in [5, 5.41) is 0. The average molecular weight is 208 g/mol. The van der Waals surface area contributed by atoms with Crippen LogP contribution in [-0.2, 0) is 0 Å². The predicted octanol–water partition coefficient (Wildman–Crippen LogP) is 0.830. The van der Waals surface area contributed by atoms with Crippen LogP contribution in [0.4, 0.5) is 4.79 Å². The van der Waals surface area contributed by atoms with Gasteiger partial charge in [0.05, 0.1) is 12.8 Å². The van der Waals surface area contributed by atoms with Gasteiger partial charge in [-0.05, 0) is 12.1 Å². The Morgan fingerprint density at radius 1 is 1.53 bits per heavy atom. The molecule has 0 aromatic carbocycles. The molecule has 2 heterocycles. The van der Waals surface area contributed by atoms with E-state index in [1.807, 2.05) is 0 Å². The van der Waals surface area contributed by atoms with E-state index in [0.717, 1.165) is 0 Å². The van der Waals surface area contributed by atoms with Crippen LogP contribution >= 0.6 is 0 Å². The average Bonchev–Trinajstić information content (AvgIpc) is 2.83. The second-order valence-electron chi connectivity index (χ2n) is 3.53. The molecule has 1 aliphatic heterocycles. The van der Waals surface area contributed by atoms with Crippen LogP contribution < -0.4 is 0 Å². The second-order valence-corrected chi connectivity index (χ2v) is 3.53. The van der Waals surface area contributed by atoms with E-state index in [9.17, 15) is 9.59 Å². The molecule has 0 atom stereocenters. The Morgan fingerprint density at radius 3 is 2.87 bits per heavy atom. The maximum Gasteiger partial charge on any atom is 0.320 e. The molecule has 0 N–H and O–H groups in total. The van der Waals surface area contributed by atoms with Gasteiger partial charge in [0.15, 0.2) is 5.76 Å². The lowest BCUT2D eigenvalue weighted by Gasteiger charge is -2.13. The van der Waals surface area contributed by atoms with Crippen molar-refractivity contribution in [1.82, 2.24) is 9.80 Å². The van der Waals surface area contributed by atoms with Crippen LogP contribution in [0.15, 0.2) is 22.8 Å². The number of amides is 2. The lowest BCUT2D eigenvalue weighted by molar-refractivity contribution is 0.0925. The number of hydrogen-bond donors (Lipinski definition) is 0. The zero-order valence-corrected chi connectivity index (χ0v) is 8.47. The molecule has 2 amide bonds. The summed E-state index contributed by atoms with van der Waals surface area (Å²) in [6, 6.07) is 3.16. The summed E-state index contributed by atoms with van der Waals surface area (Å²) in [7, 11) is 1.72. The van der Waals surface area contributed by atoms with Crippen LogP contribution in [-0.4, -0.2) is 48.3 Å². The SMILES string of the molecule is CN1CCN(CC(=O)c2ccco2)C1=O. The Labute approximate surface area is 87.3 Å². The van der Waals surface area contributed by atoms with E-state index in [4.69, 9.17) is 4.42 Å². The lowest BCUT2D eigenvalue weighted by atomic mass is 10.3. The summed E-state index contributed by atoms with van der Waals surface area (Å²) in [5.74, 6) is 0.140. The minimum Gasteiger partial charge on any atom is -0.461 e. The Bertz CT molecular complexity index is 372. The Morgan fingerprint density at radius 2 is 2.33 bits per heavy atom. The zero-order chi connectivity index (χ0) is 10.8. The smallest absolute Gasteiger partial charge is 0.320 e. The molecular formula is C10H12N2O3. The number of urea groups is 1. The van der Waals surface area contributed by atoms with E-state index in [1.54, 1.807) is 24.1 Å². The van der Waals surface area contributed by atoms with Crippen molar-refractivity contribution >= 4 is 11.8 Å². The summed E-state index contributed by atoms with van der Waals surface area (Å²) < 4.78 is 4.97. The first-order chi connectivity index (χ1) is 7.18. The van der Waals surface area contributed by atoms with Crippen LogP contribution in [0, 0.1) is 0 Å². The van der Waals surface area contributed by atoms with Crippen LogP contribution in [0.3, 0.4) is 0 Å². The largest absolute Gasteiger partial charge is 0.461 e. The number of rotatable bonds is 3. The number of nitrogens with zero attached hydrogens (tertiary/aromatic N) is 2. The minimum absolute atomic E-state index is 0.0939. The lowest BCUT2D eigenvalue weighted by Crippen LogP contribution is -2.33. The molecule has 0 aliphatic carbocycles. The highest BCUT2D eigenvalue weighted by Gasteiger charge is 2.27. The Kier molecular flexibility index (Phi) is 2.45. The fourth-order valence-corrected chi connectivity index (χ4v) is 1.54. The van der Waals surface area contributed by atoms with Crippen LogP contribution in [0.25, 0.3) is 0 Å². The molecule has 0 unspecified atom stereocenters. The molecule has 1 aromatic heterocycles. The van der Waals surface area contributed by atoms with Crippen molar-refractivity contribution in [3.63, 3.8) is 0 Å². The summed E-state index contributed by atoms with van der Waals surface area (Å²) in [5.41, 5.74) is 0. The highest BCUT2D eigenvalue weighted by Crippen LogP contribution is 2.08. The molecule has 1 fully saturated rings. The highest BCUT2D eigenvalue weighted by atomic mass is 16.3. The van der Waals surface area contributed by atoms with E-state index >= 15 is 0 Å². The molecule has 0 radical (unpaired) electrons. The molecule has 5 nitrogen and oxygen atoms in total. The van der Waals surface area contributed by atoms with Crippen LogP contribution in [0.2, 0.25) is 0 Å². The maximum atomic E-state index is 11.6. The van der Waals surface area contributed by atoms with Crippen molar-refractivity contribution in [2.75, 3.05) is 26.7 Å². The van der Waals surface area contributed by atoms with Gasteiger partial charge in [-0.15, -0.1) is 0 Å². The molecule has 0 saturated carbocycles. The molecule has 0 spiro atoms. The summed E-state index contributed by atoms with van der Waals surface area (Å²) in [6.45, 7) is 1.36. The van der Waals surface area contributed by atoms with Gasteiger partial charge in [0.1, 0.15) is 0 Å². The van der Waals surface area contributed by atoms with Gasteiger partial charge in [-0.25, -0.2) is 4.79 Å². The van der Waals surface area contributed by atoms with Gasteiger partial charge in [0.25, 0.3) is 0 Å². The second kappa shape index (κ2) is 3.76.